The van der Waals surface area contributed by atoms with Crippen LogP contribution in [0.15, 0.2) is 11.0 Å². The summed E-state index contributed by atoms with van der Waals surface area (Å²) in [6.45, 7) is 7.10. The molecule has 1 unspecified atom stereocenters. The third-order valence-corrected chi connectivity index (χ3v) is 3.11. The highest BCUT2D eigenvalue weighted by atomic mass is 16.1. The number of nitrogens with one attached hydrogen (secondary N) is 1. The quantitative estimate of drug-likeness (QED) is 0.783. The molecular weight excluding hydrogens is 190 g/mol. The van der Waals surface area contributed by atoms with Crippen LogP contribution < -0.4 is 5.56 Å². The Morgan fingerprint density at radius 2 is 2.47 bits per heavy atom. The Bertz CT molecular complexity index is 399. The average Bonchev–Trinajstić information content (AvgIpc) is 2.66. The van der Waals surface area contributed by atoms with Gasteiger partial charge >= 0.3 is 0 Å². The second-order valence-corrected chi connectivity index (χ2v) is 4.13. The molecule has 1 aliphatic rings. The van der Waals surface area contributed by atoms with E-state index < -0.39 is 0 Å². The van der Waals surface area contributed by atoms with Crippen LogP contribution in [0.25, 0.3) is 0 Å². The van der Waals surface area contributed by atoms with E-state index in [2.05, 4.69) is 21.8 Å². The summed E-state index contributed by atoms with van der Waals surface area (Å²) < 4.78 is 0. The SMILES string of the molecule is CCN1CCC(c2cnc(C)[nH]c2=O)C1. The summed E-state index contributed by atoms with van der Waals surface area (Å²) in [5.74, 6) is 1.05. The van der Waals surface area contributed by atoms with Crippen molar-refractivity contribution in [3.63, 3.8) is 0 Å². The smallest absolute Gasteiger partial charge is 0.254 e. The molecule has 4 heteroatoms. The van der Waals surface area contributed by atoms with E-state index in [0.29, 0.717) is 11.7 Å². The number of aromatic amines is 1. The Kier molecular flexibility index (Phi) is 2.86. The Hall–Kier alpha value is -1.16. The van der Waals surface area contributed by atoms with Crippen molar-refractivity contribution in [1.29, 1.82) is 0 Å². The molecule has 2 heterocycles. The van der Waals surface area contributed by atoms with Crippen LogP contribution >= 0.6 is 0 Å². The van der Waals surface area contributed by atoms with Gasteiger partial charge in [-0.1, -0.05) is 6.92 Å². The number of H-pyrrole nitrogens is 1. The van der Waals surface area contributed by atoms with Crippen molar-refractivity contribution in [2.75, 3.05) is 19.6 Å². The Labute approximate surface area is 89.3 Å². The predicted molar refractivity (Wildman–Crippen MR) is 59.1 cm³/mol. The normalized spacial score (nSPS) is 22.1. The topological polar surface area (TPSA) is 49.0 Å². The molecule has 0 radical (unpaired) electrons. The summed E-state index contributed by atoms with van der Waals surface area (Å²) in [7, 11) is 0. The number of rotatable bonds is 2. The predicted octanol–water partition coefficient (Wildman–Crippen LogP) is 0.888. The maximum absolute atomic E-state index is 11.7. The second-order valence-electron chi connectivity index (χ2n) is 4.13. The highest BCUT2D eigenvalue weighted by molar-refractivity contribution is 5.14. The lowest BCUT2D eigenvalue weighted by Crippen LogP contribution is -2.22. The van der Waals surface area contributed by atoms with Gasteiger partial charge < -0.3 is 9.88 Å². The van der Waals surface area contributed by atoms with Crippen LogP contribution in [-0.2, 0) is 0 Å². The van der Waals surface area contributed by atoms with E-state index >= 15 is 0 Å². The van der Waals surface area contributed by atoms with Crippen molar-refractivity contribution in [1.82, 2.24) is 14.9 Å². The average molecular weight is 207 g/mol. The lowest BCUT2D eigenvalue weighted by atomic mass is 10.0. The van der Waals surface area contributed by atoms with Crippen LogP contribution in [0.5, 0.6) is 0 Å². The lowest BCUT2D eigenvalue weighted by Gasteiger charge is -2.12. The highest BCUT2D eigenvalue weighted by Crippen LogP contribution is 2.23. The molecule has 1 atom stereocenters. The molecule has 15 heavy (non-hydrogen) atoms. The van der Waals surface area contributed by atoms with Crippen molar-refractivity contribution >= 4 is 0 Å². The molecule has 1 aromatic heterocycles. The van der Waals surface area contributed by atoms with Gasteiger partial charge in [-0.2, -0.15) is 0 Å². The molecule has 1 aromatic rings. The first-order chi connectivity index (χ1) is 7.20. The van der Waals surface area contributed by atoms with Gasteiger partial charge in [-0.3, -0.25) is 4.79 Å². The third kappa shape index (κ3) is 2.09. The number of hydrogen-bond donors (Lipinski definition) is 1. The number of likely N-dealkylation sites (N-methyl/N-ethyl adjacent to an activating group) is 1. The van der Waals surface area contributed by atoms with E-state index in [4.69, 9.17) is 0 Å². The fourth-order valence-corrected chi connectivity index (χ4v) is 2.16. The zero-order valence-electron chi connectivity index (χ0n) is 9.29. The van der Waals surface area contributed by atoms with E-state index in [-0.39, 0.29) is 5.56 Å². The van der Waals surface area contributed by atoms with Crippen molar-refractivity contribution in [2.24, 2.45) is 0 Å². The molecular formula is C11H17N3O. The molecule has 0 spiro atoms. The van der Waals surface area contributed by atoms with Gasteiger partial charge in [-0.25, -0.2) is 4.98 Å². The zero-order valence-corrected chi connectivity index (χ0v) is 9.29. The molecule has 0 bridgehead atoms. The molecule has 4 nitrogen and oxygen atoms in total. The largest absolute Gasteiger partial charge is 0.311 e. The van der Waals surface area contributed by atoms with Gasteiger partial charge in [-0.15, -0.1) is 0 Å². The number of aryl methyl sites for hydroxylation is 1. The van der Waals surface area contributed by atoms with E-state index in [1.807, 2.05) is 0 Å². The van der Waals surface area contributed by atoms with E-state index in [1.54, 1.807) is 13.1 Å². The molecule has 2 rings (SSSR count). The Morgan fingerprint density at radius 3 is 3.07 bits per heavy atom. The standard InChI is InChI=1S/C11H17N3O/c1-3-14-5-4-9(7-14)10-6-12-8(2)13-11(10)15/h6,9H,3-5,7H2,1-2H3,(H,12,13,15). The minimum atomic E-state index is 0.0328. The molecule has 0 amide bonds. The minimum absolute atomic E-state index is 0.0328. The van der Waals surface area contributed by atoms with Crippen molar-refractivity contribution in [2.45, 2.75) is 26.2 Å². The Morgan fingerprint density at radius 1 is 1.67 bits per heavy atom. The van der Waals surface area contributed by atoms with Gasteiger partial charge in [0.25, 0.3) is 5.56 Å². The summed E-state index contributed by atoms with van der Waals surface area (Å²) in [5, 5.41) is 0. The van der Waals surface area contributed by atoms with Crippen LogP contribution in [0.3, 0.4) is 0 Å². The lowest BCUT2D eigenvalue weighted by molar-refractivity contribution is 0.353. The van der Waals surface area contributed by atoms with Gasteiger partial charge in [0.05, 0.1) is 0 Å². The third-order valence-electron chi connectivity index (χ3n) is 3.11. The summed E-state index contributed by atoms with van der Waals surface area (Å²) in [6.07, 6.45) is 2.81. The maximum Gasteiger partial charge on any atom is 0.254 e. The molecule has 1 saturated heterocycles. The maximum atomic E-state index is 11.7. The van der Waals surface area contributed by atoms with E-state index in [1.165, 1.54) is 0 Å². The summed E-state index contributed by atoms with van der Waals surface area (Å²) in [5.41, 5.74) is 0.877. The van der Waals surface area contributed by atoms with Crippen LogP contribution in [0.2, 0.25) is 0 Å². The van der Waals surface area contributed by atoms with Gasteiger partial charge in [0.2, 0.25) is 0 Å². The summed E-state index contributed by atoms with van der Waals surface area (Å²) in [4.78, 5) is 21.0. The van der Waals surface area contributed by atoms with Gasteiger partial charge in [0.15, 0.2) is 0 Å². The first kappa shape index (κ1) is 10.4. The van der Waals surface area contributed by atoms with Gasteiger partial charge in [-0.05, 0) is 26.4 Å². The molecule has 82 valence electrons. The first-order valence-corrected chi connectivity index (χ1v) is 5.49. The van der Waals surface area contributed by atoms with Gasteiger partial charge in [0.1, 0.15) is 5.82 Å². The monoisotopic (exact) mass is 207 g/mol. The van der Waals surface area contributed by atoms with E-state index in [9.17, 15) is 4.79 Å². The number of likely N-dealkylation sites (tertiary alicyclic amines) is 1. The summed E-state index contributed by atoms with van der Waals surface area (Å²) >= 11 is 0. The van der Waals surface area contributed by atoms with Crippen molar-refractivity contribution in [3.05, 3.63) is 27.9 Å². The first-order valence-electron chi connectivity index (χ1n) is 5.49. The Balaban J connectivity index is 2.20. The van der Waals surface area contributed by atoms with Crippen molar-refractivity contribution < 1.29 is 0 Å². The molecule has 0 aliphatic carbocycles. The molecule has 1 aliphatic heterocycles. The van der Waals surface area contributed by atoms with Crippen molar-refractivity contribution in [3.8, 4) is 0 Å². The molecule has 0 aromatic carbocycles. The molecule has 0 saturated carbocycles. The van der Waals surface area contributed by atoms with E-state index in [0.717, 1.165) is 31.6 Å². The second kappa shape index (κ2) is 4.14. The van der Waals surface area contributed by atoms with Gasteiger partial charge in [0, 0.05) is 24.2 Å². The van der Waals surface area contributed by atoms with Crippen LogP contribution in [0.1, 0.15) is 30.7 Å². The minimum Gasteiger partial charge on any atom is -0.311 e. The van der Waals surface area contributed by atoms with Crippen LogP contribution in [0.4, 0.5) is 0 Å². The number of nitrogens with zero attached hydrogens (tertiary/aromatic N) is 2. The molecule has 1 N–H and O–H groups in total. The van der Waals surface area contributed by atoms with Crippen LogP contribution in [-0.4, -0.2) is 34.5 Å². The molecule has 1 fully saturated rings. The zero-order chi connectivity index (χ0) is 10.8. The fraction of sp³-hybridized carbons (Fsp3) is 0.636. The number of aromatic nitrogens is 2. The van der Waals surface area contributed by atoms with Crippen LogP contribution in [0, 0.1) is 6.92 Å². The highest BCUT2D eigenvalue weighted by Gasteiger charge is 2.24. The summed E-state index contributed by atoms with van der Waals surface area (Å²) in [6, 6.07) is 0. The fourth-order valence-electron chi connectivity index (χ4n) is 2.16. The number of hydrogen-bond acceptors (Lipinski definition) is 3.